The van der Waals surface area contributed by atoms with Crippen LogP contribution in [0, 0.1) is 13.8 Å². The molecule has 5 nitrogen and oxygen atoms in total. The first-order valence-corrected chi connectivity index (χ1v) is 6.29. The van der Waals surface area contributed by atoms with E-state index in [4.69, 9.17) is 5.11 Å². The van der Waals surface area contributed by atoms with Crippen LogP contribution in [0.25, 0.3) is 6.08 Å². The number of phenols is 2. The molecule has 4 N–H and O–H groups in total. The number of benzene rings is 1. The standard InChI is InChI=1S/C15H20O5/c1-9-10(2)14(19)11(8-12(9)16)4-6-15(3,20)7-5-13(17)18/h4,6,8,16,19-20H,5,7H2,1-3H3,(H,17,18). The minimum atomic E-state index is -1.29. The molecule has 1 aromatic rings. The molecular formula is C15H20O5. The summed E-state index contributed by atoms with van der Waals surface area (Å²) < 4.78 is 0. The second-order valence-electron chi connectivity index (χ2n) is 5.17. The first-order valence-electron chi connectivity index (χ1n) is 6.29. The summed E-state index contributed by atoms with van der Waals surface area (Å²) in [4.78, 5) is 10.5. The third kappa shape index (κ3) is 3.99. The van der Waals surface area contributed by atoms with Gasteiger partial charge in [0.25, 0.3) is 0 Å². The van der Waals surface area contributed by atoms with E-state index in [2.05, 4.69) is 0 Å². The van der Waals surface area contributed by atoms with Crippen molar-refractivity contribution in [2.45, 2.75) is 39.2 Å². The van der Waals surface area contributed by atoms with Crippen molar-refractivity contribution < 1.29 is 25.2 Å². The number of aliphatic hydroxyl groups is 1. The van der Waals surface area contributed by atoms with Crippen LogP contribution in [0.5, 0.6) is 11.5 Å². The molecule has 0 spiro atoms. The number of carboxylic acid groups (broad SMARTS) is 1. The Kier molecular flexibility index (Phi) is 4.78. The molecule has 0 radical (unpaired) electrons. The Bertz CT molecular complexity index is 544. The van der Waals surface area contributed by atoms with Gasteiger partial charge in [0.2, 0.25) is 0 Å². The Morgan fingerprint density at radius 2 is 1.90 bits per heavy atom. The van der Waals surface area contributed by atoms with Crippen LogP contribution >= 0.6 is 0 Å². The van der Waals surface area contributed by atoms with Gasteiger partial charge in [0.15, 0.2) is 0 Å². The maximum atomic E-state index is 10.5. The Balaban J connectivity index is 2.98. The molecule has 110 valence electrons. The van der Waals surface area contributed by atoms with Crippen molar-refractivity contribution >= 4 is 12.0 Å². The van der Waals surface area contributed by atoms with E-state index < -0.39 is 11.6 Å². The molecule has 1 rings (SSSR count). The highest BCUT2D eigenvalue weighted by atomic mass is 16.4. The van der Waals surface area contributed by atoms with Crippen LogP contribution in [0.4, 0.5) is 0 Å². The van der Waals surface area contributed by atoms with E-state index in [0.29, 0.717) is 16.7 Å². The third-order valence-corrected chi connectivity index (χ3v) is 3.33. The van der Waals surface area contributed by atoms with Gasteiger partial charge >= 0.3 is 5.97 Å². The zero-order chi connectivity index (χ0) is 15.5. The minimum absolute atomic E-state index is 0.0329. The number of carbonyl (C=O) groups is 1. The molecule has 20 heavy (non-hydrogen) atoms. The fourth-order valence-corrected chi connectivity index (χ4v) is 1.75. The van der Waals surface area contributed by atoms with Gasteiger partial charge in [0, 0.05) is 12.0 Å². The van der Waals surface area contributed by atoms with E-state index in [1.807, 2.05) is 0 Å². The number of aromatic hydroxyl groups is 2. The number of hydrogen-bond donors (Lipinski definition) is 4. The largest absolute Gasteiger partial charge is 0.508 e. The number of aliphatic carboxylic acids is 1. The van der Waals surface area contributed by atoms with E-state index in [9.17, 15) is 20.1 Å². The lowest BCUT2D eigenvalue weighted by atomic mass is 9.97. The van der Waals surface area contributed by atoms with Gasteiger partial charge in [-0.15, -0.1) is 0 Å². The molecule has 0 aliphatic rings. The lowest BCUT2D eigenvalue weighted by Gasteiger charge is -2.18. The Hall–Kier alpha value is -2.01. The average molecular weight is 280 g/mol. The van der Waals surface area contributed by atoms with Crippen molar-refractivity contribution in [1.82, 2.24) is 0 Å². The van der Waals surface area contributed by atoms with E-state index in [0.717, 1.165) is 0 Å². The third-order valence-electron chi connectivity index (χ3n) is 3.33. The first kappa shape index (κ1) is 16.0. The zero-order valence-electron chi connectivity index (χ0n) is 11.8. The van der Waals surface area contributed by atoms with Crippen LogP contribution in [0.15, 0.2) is 12.1 Å². The maximum absolute atomic E-state index is 10.5. The van der Waals surface area contributed by atoms with Crippen molar-refractivity contribution in [3.63, 3.8) is 0 Å². The number of rotatable bonds is 5. The highest BCUT2D eigenvalue weighted by molar-refractivity contribution is 5.67. The molecule has 0 amide bonds. The second kappa shape index (κ2) is 5.96. The van der Waals surface area contributed by atoms with Crippen molar-refractivity contribution in [3.8, 4) is 11.5 Å². The zero-order valence-corrected chi connectivity index (χ0v) is 11.8. The van der Waals surface area contributed by atoms with Crippen LogP contribution in [-0.4, -0.2) is 32.0 Å². The van der Waals surface area contributed by atoms with Gasteiger partial charge in [0.1, 0.15) is 11.5 Å². The summed E-state index contributed by atoms with van der Waals surface area (Å²) in [6, 6.07) is 1.40. The van der Waals surface area contributed by atoms with Crippen LogP contribution in [-0.2, 0) is 4.79 Å². The van der Waals surface area contributed by atoms with Crippen LogP contribution in [0.2, 0.25) is 0 Å². The van der Waals surface area contributed by atoms with E-state index in [1.165, 1.54) is 25.1 Å². The minimum Gasteiger partial charge on any atom is -0.508 e. The SMILES string of the molecule is Cc1c(O)cc(C=CC(C)(O)CCC(=O)O)c(O)c1C. The molecule has 0 fully saturated rings. The summed E-state index contributed by atoms with van der Waals surface area (Å²) in [6.07, 6.45) is 2.81. The monoisotopic (exact) mass is 280 g/mol. The van der Waals surface area contributed by atoms with Gasteiger partial charge in [-0.25, -0.2) is 0 Å². The fourth-order valence-electron chi connectivity index (χ4n) is 1.75. The number of phenolic OH excluding ortho intramolecular Hbond substituents is 2. The summed E-state index contributed by atoms with van der Waals surface area (Å²) in [5.74, 6) is -0.888. The quantitative estimate of drug-likeness (QED) is 0.621. The van der Waals surface area contributed by atoms with Crippen molar-refractivity contribution in [2.24, 2.45) is 0 Å². The second-order valence-corrected chi connectivity index (χ2v) is 5.17. The summed E-state index contributed by atoms with van der Waals surface area (Å²) in [5.41, 5.74) is 0.243. The Labute approximate surface area is 117 Å². The van der Waals surface area contributed by atoms with Gasteiger partial charge in [-0.3, -0.25) is 4.79 Å². The van der Waals surface area contributed by atoms with Crippen LogP contribution in [0.3, 0.4) is 0 Å². The average Bonchev–Trinajstić information content (AvgIpc) is 2.37. The number of carboxylic acids is 1. The molecule has 1 atom stereocenters. The van der Waals surface area contributed by atoms with Gasteiger partial charge in [0.05, 0.1) is 5.60 Å². The molecule has 0 saturated heterocycles. The lowest BCUT2D eigenvalue weighted by Crippen LogP contribution is -2.21. The molecule has 1 unspecified atom stereocenters. The van der Waals surface area contributed by atoms with Crippen molar-refractivity contribution in [2.75, 3.05) is 0 Å². The predicted molar refractivity (Wildman–Crippen MR) is 75.8 cm³/mol. The molecule has 0 heterocycles. The van der Waals surface area contributed by atoms with Gasteiger partial charge < -0.3 is 20.4 Å². The first-order chi connectivity index (χ1) is 9.14. The van der Waals surface area contributed by atoms with Crippen LogP contribution in [0.1, 0.15) is 36.5 Å². The highest BCUT2D eigenvalue weighted by Gasteiger charge is 2.18. The van der Waals surface area contributed by atoms with Gasteiger partial charge in [-0.2, -0.15) is 0 Å². The predicted octanol–water partition coefficient (Wildman–Crippen LogP) is 2.34. The molecule has 1 aromatic carbocycles. The van der Waals surface area contributed by atoms with Crippen LogP contribution < -0.4 is 0 Å². The number of hydrogen-bond acceptors (Lipinski definition) is 4. The lowest BCUT2D eigenvalue weighted by molar-refractivity contribution is -0.138. The van der Waals surface area contributed by atoms with E-state index >= 15 is 0 Å². The Morgan fingerprint density at radius 3 is 2.45 bits per heavy atom. The maximum Gasteiger partial charge on any atom is 0.303 e. The summed E-state index contributed by atoms with van der Waals surface area (Å²) in [6.45, 7) is 4.87. The molecule has 5 heteroatoms. The highest BCUT2D eigenvalue weighted by Crippen LogP contribution is 2.33. The normalized spacial score (nSPS) is 14.4. The molecule has 0 saturated carbocycles. The molecule has 0 aliphatic carbocycles. The molecule has 0 aromatic heterocycles. The smallest absolute Gasteiger partial charge is 0.303 e. The fraction of sp³-hybridized carbons (Fsp3) is 0.400. The van der Waals surface area contributed by atoms with E-state index in [-0.39, 0.29) is 24.3 Å². The van der Waals surface area contributed by atoms with Crippen molar-refractivity contribution in [1.29, 1.82) is 0 Å². The molecular weight excluding hydrogens is 260 g/mol. The molecule has 0 bridgehead atoms. The van der Waals surface area contributed by atoms with E-state index in [1.54, 1.807) is 13.8 Å². The van der Waals surface area contributed by atoms with Crippen molar-refractivity contribution in [3.05, 3.63) is 28.8 Å². The topological polar surface area (TPSA) is 98.0 Å². The molecule has 0 aliphatic heterocycles. The Morgan fingerprint density at radius 1 is 1.30 bits per heavy atom. The summed E-state index contributed by atoms with van der Waals surface area (Å²) >= 11 is 0. The van der Waals surface area contributed by atoms with Gasteiger partial charge in [-0.05, 0) is 44.4 Å². The summed E-state index contributed by atoms with van der Waals surface area (Å²) in [7, 11) is 0. The van der Waals surface area contributed by atoms with Gasteiger partial charge in [-0.1, -0.05) is 12.2 Å². The summed E-state index contributed by atoms with van der Waals surface area (Å²) in [5, 5.41) is 38.3.